The molecule has 1 aliphatic carbocycles. The predicted molar refractivity (Wildman–Crippen MR) is 78.1 cm³/mol. The summed E-state index contributed by atoms with van der Waals surface area (Å²) in [4.78, 5) is 40.9. The largest absolute Gasteiger partial charge is 0.398 e. The molecule has 3 rings (SSSR count). The number of carbonyl (C=O) groups is 2. The summed E-state index contributed by atoms with van der Waals surface area (Å²) in [6, 6.07) is -1.66. The number of hydrogen-bond donors (Lipinski definition) is 1. The number of fused-ring (bicyclic) bond motifs is 1. The van der Waals surface area contributed by atoms with E-state index in [4.69, 9.17) is 12.6 Å². The smallest absolute Gasteiger partial charge is 0.264 e. The van der Waals surface area contributed by atoms with Crippen molar-refractivity contribution < 1.29 is 16.4 Å². The number of aryl methyl sites for hydroxylation is 1. The second-order valence-corrected chi connectivity index (χ2v) is 4.77. The molecule has 6 heteroatoms. The number of Topliss-reactive ketones (excluding diaryl/α,β-unsaturated/α-hetero) is 2. The molecule has 0 spiro atoms. The minimum Gasteiger partial charge on any atom is -0.398 e. The molecule has 0 saturated heterocycles. The normalized spacial score (nSPS) is 26.2. The number of benzene rings is 1. The maximum Gasteiger partial charge on any atom is 0.264 e. The molecule has 1 atom stereocenters. The van der Waals surface area contributed by atoms with Gasteiger partial charge in [-0.15, -0.1) is 0 Å². The molecule has 2 aromatic rings. The molecule has 1 heterocycles. The number of ketones is 2. The fraction of sp³-hybridized carbons (Fsp3) is 0.333. The predicted octanol–water partition coefficient (Wildman–Crippen LogP) is 1.15. The molecule has 0 bridgehead atoms. The van der Waals surface area contributed by atoms with E-state index in [1.807, 2.05) is 0 Å². The van der Waals surface area contributed by atoms with Gasteiger partial charge in [0.15, 0.2) is 5.78 Å². The fourth-order valence-electron chi connectivity index (χ4n) is 2.40. The van der Waals surface area contributed by atoms with Crippen LogP contribution in [0.15, 0.2) is 22.9 Å². The van der Waals surface area contributed by atoms with Gasteiger partial charge in [0.2, 0.25) is 0 Å². The summed E-state index contributed by atoms with van der Waals surface area (Å²) in [6.45, 7) is -1.81. The molecule has 0 amide bonds. The van der Waals surface area contributed by atoms with Gasteiger partial charge < -0.3 is 5.73 Å². The van der Waals surface area contributed by atoms with E-state index in [-0.39, 0.29) is 47.3 Å². The first-order valence-electron chi connectivity index (χ1n) is 8.95. The first-order valence-corrected chi connectivity index (χ1v) is 6.30. The fourth-order valence-corrected chi connectivity index (χ4v) is 2.40. The molecular weight excluding hydrogens is 270 g/mol. The average molecular weight is 290 g/mol. The van der Waals surface area contributed by atoms with Crippen LogP contribution < -0.4 is 11.3 Å². The van der Waals surface area contributed by atoms with Crippen LogP contribution in [0, 0.1) is 6.88 Å². The molecule has 2 N–H and O–H groups in total. The Morgan fingerprint density at radius 2 is 2.29 bits per heavy atom. The lowest BCUT2D eigenvalue weighted by atomic mass is 9.92. The average Bonchev–Trinajstić information content (AvgIpc) is 2.55. The summed E-state index contributed by atoms with van der Waals surface area (Å²) in [5.74, 6) is -1.66. The highest BCUT2D eigenvalue weighted by molar-refractivity contribution is 6.03. The Balaban J connectivity index is 2.45. The summed E-state index contributed by atoms with van der Waals surface area (Å²) >= 11 is 0. The van der Waals surface area contributed by atoms with Gasteiger partial charge in [0.25, 0.3) is 5.56 Å². The van der Waals surface area contributed by atoms with Gasteiger partial charge in [0.1, 0.15) is 11.6 Å². The zero-order valence-electron chi connectivity index (χ0n) is 16.0. The highest BCUT2D eigenvalue weighted by Gasteiger charge is 2.30. The second-order valence-electron chi connectivity index (χ2n) is 4.77. The Morgan fingerprint density at radius 3 is 3.00 bits per heavy atom. The molecule has 21 heavy (non-hydrogen) atoms. The minimum atomic E-state index is -2.19. The van der Waals surface area contributed by atoms with Crippen LogP contribution in [0.3, 0.4) is 0 Å². The summed E-state index contributed by atoms with van der Waals surface area (Å²) in [7, 11) is 0. The van der Waals surface area contributed by atoms with Gasteiger partial charge in [-0.05, 0) is 25.4 Å². The first-order chi connectivity index (χ1) is 12.1. The molecule has 1 aromatic heterocycles. The zero-order valence-corrected chi connectivity index (χ0v) is 11.0. The molecule has 6 nitrogen and oxygen atoms in total. The van der Waals surface area contributed by atoms with Crippen LogP contribution in [-0.4, -0.2) is 21.1 Å². The summed E-state index contributed by atoms with van der Waals surface area (Å²) in [5.41, 5.74) is 4.38. The van der Waals surface area contributed by atoms with Crippen LogP contribution in [0.2, 0.25) is 0 Å². The van der Waals surface area contributed by atoms with Gasteiger partial charge in [-0.1, -0.05) is 6.07 Å². The number of carbonyl (C=O) groups excluding carboxylic acids is 2. The third-order valence-electron chi connectivity index (χ3n) is 3.41. The number of aromatic nitrogens is 2. The van der Waals surface area contributed by atoms with Crippen LogP contribution in [0.1, 0.15) is 38.0 Å². The van der Waals surface area contributed by atoms with Gasteiger partial charge in [-0.2, -0.15) is 0 Å². The van der Waals surface area contributed by atoms with Crippen LogP contribution in [0.4, 0.5) is 5.69 Å². The van der Waals surface area contributed by atoms with E-state index in [1.165, 1.54) is 0 Å². The van der Waals surface area contributed by atoms with E-state index in [0.29, 0.717) is 4.57 Å². The minimum absolute atomic E-state index is 0.0997. The number of anilines is 1. The lowest BCUT2D eigenvalue weighted by Gasteiger charge is -2.24. The monoisotopic (exact) mass is 290 g/mol. The third-order valence-corrected chi connectivity index (χ3v) is 3.41. The van der Waals surface area contributed by atoms with Crippen LogP contribution >= 0.6 is 0 Å². The Hall–Kier alpha value is -2.50. The van der Waals surface area contributed by atoms with Crippen molar-refractivity contribution in [1.82, 2.24) is 9.55 Å². The Kier molecular flexibility index (Phi) is 1.99. The highest BCUT2D eigenvalue weighted by Crippen LogP contribution is 2.24. The van der Waals surface area contributed by atoms with Crippen LogP contribution in [0.5, 0.6) is 0 Å². The van der Waals surface area contributed by atoms with Crippen molar-refractivity contribution in [2.45, 2.75) is 32.2 Å². The zero-order chi connectivity index (χ0) is 19.4. The van der Waals surface area contributed by atoms with Crippen molar-refractivity contribution in [3.8, 4) is 0 Å². The van der Waals surface area contributed by atoms with E-state index in [2.05, 4.69) is 4.98 Å². The Morgan fingerprint density at radius 1 is 1.48 bits per heavy atom. The van der Waals surface area contributed by atoms with E-state index >= 15 is 0 Å². The molecule has 1 fully saturated rings. The lowest BCUT2D eigenvalue weighted by Crippen LogP contribution is -2.36. The molecular formula is C15H15N3O3. The number of hydrogen-bond acceptors (Lipinski definition) is 5. The first kappa shape index (κ1) is 8.71. The van der Waals surface area contributed by atoms with Gasteiger partial charge in [-0.3, -0.25) is 19.0 Å². The van der Waals surface area contributed by atoms with E-state index in [9.17, 15) is 14.4 Å². The van der Waals surface area contributed by atoms with Crippen molar-refractivity contribution in [2.75, 3.05) is 5.73 Å². The van der Waals surface area contributed by atoms with Crippen molar-refractivity contribution in [3.63, 3.8) is 0 Å². The molecule has 1 saturated carbocycles. The number of nitrogen functional groups attached to an aromatic ring is 1. The quantitative estimate of drug-likeness (QED) is 0.628. The number of rotatable bonds is 1. The van der Waals surface area contributed by atoms with E-state index in [1.54, 1.807) is 0 Å². The maximum atomic E-state index is 13.1. The van der Waals surface area contributed by atoms with Gasteiger partial charge in [0.05, 0.1) is 27.5 Å². The molecule has 108 valence electrons. The SMILES string of the molecule is [2H]c1cc([2H])c2nc(C([2H])[2H])n(C3([2H])CCC(=O)CC3=O)c(=O)c2c1N. The van der Waals surface area contributed by atoms with Crippen molar-refractivity contribution in [3.05, 3.63) is 34.3 Å². The molecule has 1 aliphatic rings. The summed E-state index contributed by atoms with van der Waals surface area (Å²) in [6.07, 6.45) is -0.908. The molecule has 0 aliphatic heterocycles. The summed E-state index contributed by atoms with van der Waals surface area (Å²) in [5, 5.41) is -0.303. The van der Waals surface area contributed by atoms with E-state index < -0.39 is 36.5 Å². The topological polar surface area (TPSA) is 95.0 Å². The van der Waals surface area contributed by atoms with Crippen LogP contribution in [0.25, 0.3) is 10.9 Å². The van der Waals surface area contributed by atoms with Gasteiger partial charge in [-0.25, -0.2) is 4.98 Å². The van der Waals surface area contributed by atoms with Crippen molar-refractivity contribution in [2.24, 2.45) is 0 Å². The number of nitrogens with two attached hydrogens (primary N) is 1. The molecule has 1 aromatic carbocycles. The lowest BCUT2D eigenvalue weighted by molar-refractivity contribution is -0.132. The van der Waals surface area contributed by atoms with Crippen molar-refractivity contribution >= 4 is 28.2 Å². The van der Waals surface area contributed by atoms with Gasteiger partial charge >= 0.3 is 0 Å². The summed E-state index contributed by atoms with van der Waals surface area (Å²) < 4.78 is 40.1. The maximum absolute atomic E-state index is 13.1. The third kappa shape index (κ3) is 2.12. The standard InChI is InChI=1S/C15H15N3O3/c1-8-17-11-4-2-3-10(16)14(11)15(21)18(8)12-6-5-9(19)7-13(12)20/h2-4,12H,5-7,16H2,1H3/i1D2,3D,4D,12D. The van der Waals surface area contributed by atoms with Gasteiger partial charge in [0, 0.05) is 14.8 Å². The highest BCUT2D eigenvalue weighted by atomic mass is 16.2. The number of nitrogens with zero attached hydrogens (tertiary/aromatic N) is 2. The molecule has 1 unspecified atom stereocenters. The second kappa shape index (κ2) is 4.80. The van der Waals surface area contributed by atoms with E-state index in [0.717, 1.165) is 6.07 Å². The molecule has 0 radical (unpaired) electrons. The Bertz CT molecular complexity index is 1020. The van der Waals surface area contributed by atoms with Crippen molar-refractivity contribution in [1.29, 1.82) is 0 Å². The Labute approximate surface area is 127 Å². The van der Waals surface area contributed by atoms with Crippen LogP contribution in [-0.2, 0) is 9.59 Å².